The summed E-state index contributed by atoms with van der Waals surface area (Å²) < 4.78 is 14.5. The highest BCUT2D eigenvalue weighted by atomic mass is 16.5. The quantitative estimate of drug-likeness (QED) is 0.641. The van der Waals surface area contributed by atoms with Gasteiger partial charge in [-0.15, -0.1) is 0 Å². The molecule has 0 spiro atoms. The molecule has 0 radical (unpaired) electrons. The van der Waals surface area contributed by atoms with Gasteiger partial charge in [0.25, 0.3) is 0 Å². The molecule has 0 amide bonds. The molecule has 3 aromatic rings. The first-order valence-electron chi connectivity index (χ1n) is 10.4. The van der Waals surface area contributed by atoms with E-state index in [2.05, 4.69) is 39.8 Å². The third kappa shape index (κ3) is 3.46. The second-order valence-electron chi connectivity index (χ2n) is 8.39. The molecule has 1 aliphatic rings. The molecule has 1 aromatic heterocycles. The van der Waals surface area contributed by atoms with Gasteiger partial charge in [-0.2, -0.15) is 0 Å². The Bertz CT molecular complexity index is 1290. The largest absolute Gasteiger partial charge is 0.493 e. The Hall–Kier alpha value is -3.28. The van der Waals surface area contributed by atoms with Crippen LogP contribution in [0.1, 0.15) is 35.1 Å². The first kappa shape index (κ1) is 21.0. The van der Waals surface area contributed by atoms with E-state index >= 15 is 0 Å². The van der Waals surface area contributed by atoms with Gasteiger partial charge in [-0.05, 0) is 49.6 Å². The van der Waals surface area contributed by atoms with E-state index in [0.29, 0.717) is 23.5 Å². The van der Waals surface area contributed by atoms with E-state index in [1.807, 2.05) is 22.8 Å². The van der Waals surface area contributed by atoms with Gasteiger partial charge in [0.1, 0.15) is 5.49 Å². The number of benzene rings is 2. The second-order valence-corrected chi connectivity index (χ2v) is 8.39. The highest BCUT2D eigenvalue weighted by molar-refractivity contribution is 5.71. The van der Waals surface area contributed by atoms with Crippen molar-refractivity contribution in [3.05, 3.63) is 68.6 Å². The van der Waals surface area contributed by atoms with E-state index in [4.69, 9.17) is 14.5 Å². The molecule has 1 atom stereocenters. The van der Waals surface area contributed by atoms with Gasteiger partial charge in [-0.25, -0.2) is 9.79 Å². The van der Waals surface area contributed by atoms with Crippen molar-refractivity contribution >= 4 is 5.69 Å². The lowest BCUT2D eigenvalue weighted by Gasteiger charge is -2.28. The summed E-state index contributed by atoms with van der Waals surface area (Å²) in [4.78, 5) is 18.2. The number of aryl methyl sites for hydroxylation is 3. The number of methoxy groups -OCH3 is 2. The third-order valence-electron chi connectivity index (χ3n) is 6.10. The second kappa shape index (κ2) is 7.76. The van der Waals surface area contributed by atoms with Crippen LogP contribution in [0.2, 0.25) is 0 Å². The Morgan fingerprint density at radius 3 is 2.19 bits per heavy atom. The summed E-state index contributed by atoms with van der Waals surface area (Å²) in [5, 5.41) is 0. The molecular formula is C25H29N3O3. The predicted molar refractivity (Wildman–Crippen MR) is 123 cm³/mol. The van der Waals surface area contributed by atoms with Crippen molar-refractivity contribution < 1.29 is 9.47 Å². The van der Waals surface area contributed by atoms with E-state index < -0.39 is 0 Å². The minimum atomic E-state index is -0.0778. The van der Waals surface area contributed by atoms with Crippen LogP contribution in [0.4, 0.5) is 5.69 Å². The monoisotopic (exact) mass is 419 g/mol. The summed E-state index contributed by atoms with van der Waals surface area (Å²) in [7, 11) is 5.04. The maximum Gasteiger partial charge on any atom is 0.329 e. The van der Waals surface area contributed by atoms with Gasteiger partial charge < -0.3 is 9.47 Å². The number of nitrogens with zero attached hydrogens (tertiary/aromatic N) is 3. The topological polar surface area (TPSA) is 57.8 Å². The highest BCUT2D eigenvalue weighted by Gasteiger charge is 2.26. The molecule has 31 heavy (non-hydrogen) atoms. The first-order chi connectivity index (χ1) is 14.7. The fraction of sp³-hybridized carbons (Fsp3) is 0.360. The lowest BCUT2D eigenvalue weighted by atomic mass is 9.89. The van der Waals surface area contributed by atoms with Crippen LogP contribution in [0.15, 0.2) is 40.1 Å². The van der Waals surface area contributed by atoms with Crippen molar-refractivity contribution in [3.63, 3.8) is 0 Å². The number of rotatable bonds is 3. The van der Waals surface area contributed by atoms with E-state index in [9.17, 15) is 4.79 Å². The summed E-state index contributed by atoms with van der Waals surface area (Å²) in [5.41, 5.74) is 7.80. The molecular weight excluding hydrogens is 390 g/mol. The first-order valence-corrected chi connectivity index (χ1v) is 10.4. The molecule has 2 aromatic carbocycles. The van der Waals surface area contributed by atoms with Crippen LogP contribution in [-0.2, 0) is 13.6 Å². The third-order valence-corrected chi connectivity index (χ3v) is 6.10. The van der Waals surface area contributed by atoms with Crippen molar-refractivity contribution in [2.45, 2.75) is 40.2 Å². The minimum Gasteiger partial charge on any atom is -0.493 e. The summed E-state index contributed by atoms with van der Waals surface area (Å²) in [6, 6.07) is 10.2. The van der Waals surface area contributed by atoms with E-state index in [0.717, 1.165) is 33.6 Å². The van der Waals surface area contributed by atoms with Crippen molar-refractivity contribution in [1.29, 1.82) is 0 Å². The highest BCUT2D eigenvalue weighted by Crippen LogP contribution is 2.41. The van der Waals surface area contributed by atoms with Crippen molar-refractivity contribution in [1.82, 2.24) is 9.13 Å². The zero-order valence-corrected chi connectivity index (χ0v) is 19.2. The Morgan fingerprint density at radius 1 is 0.968 bits per heavy atom. The molecule has 1 unspecified atom stereocenters. The normalized spacial score (nSPS) is 15.5. The number of fused-ring (bicyclic) bond motifs is 3. The maximum atomic E-state index is 13.3. The van der Waals surface area contributed by atoms with Crippen LogP contribution in [0.5, 0.6) is 11.5 Å². The smallest absolute Gasteiger partial charge is 0.329 e. The Morgan fingerprint density at radius 2 is 1.58 bits per heavy atom. The van der Waals surface area contributed by atoms with Gasteiger partial charge in [-0.3, -0.25) is 9.13 Å². The van der Waals surface area contributed by atoms with E-state index in [1.54, 1.807) is 25.8 Å². The van der Waals surface area contributed by atoms with E-state index in [-0.39, 0.29) is 11.6 Å². The molecule has 0 N–H and O–H groups in total. The summed E-state index contributed by atoms with van der Waals surface area (Å²) in [5.74, 6) is 1.51. The molecule has 0 fully saturated rings. The van der Waals surface area contributed by atoms with Crippen LogP contribution in [-0.4, -0.2) is 23.4 Å². The molecule has 0 saturated carbocycles. The van der Waals surface area contributed by atoms with Gasteiger partial charge >= 0.3 is 5.69 Å². The lowest BCUT2D eigenvalue weighted by Crippen LogP contribution is -2.41. The van der Waals surface area contributed by atoms with E-state index in [1.165, 1.54) is 5.56 Å². The number of ether oxygens (including phenoxy) is 2. The standard InChI is InChI=1S/C25H29N3O3/c1-14-8-15(2)24(16(3)9-14)26-23-12-20-19-11-22(31-7)21(30-6)10-18(19)17(4)13-28(20)25(29)27(23)5/h8-12,17H,13H2,1-7H3. The SMILES string of the molecule is COc1cc2c(cc1OC)C(C)Cn1c-2cc(=Nc2c(C)cc(C)cc2C)n(C)c1=O. The number of hydrogen-bond donors (Lipinski definition) is 0. The molecule has 162 valence electrons. The molecule has 6 heteroatoms. The van der Waals surface area contributed by atoms with Crippen LogP contribution < -0.4 is 20.7 Å². The predicted octanol–water partition coefficient (Wildman–Crippen LogP) is 4.15. The zero-order valence-electron chi connectivity index (χ0n) is 19.2. The molecule has 2 heterocycles. The summed E-state index contributed by atoms with van der Waals surface area (Å²) in [6.07, 6.45) is 0. The average Bonchev–Trinajstić information content (AvgIpc) is 2.73. The maximum absolute atomic E-state index is 13.3. The fourth-order valence-corrected chi connectivity index (χ4v) is 4.55. The van der Waals surface area contributed by atoms with Crippen LogP contribution in [0.3, 0.4) is 0 Å². The van der Waals surface area contributed by atoms with Crippen LogP contribution >= 0.6 is 0 Å². The average molecular weight is 420 g/mol. The van der Waals surface area contributed by atoms with Crippen molar-refractivity contribution in [2.24, 2.45) is 12.0 Å². The molecule has 1 aliphatic heterocycles. The number of aromatic nitrogens is 2. The van der Waals surface area contributed by atoms with Crippen LogP contribution in [0.25, 0.3) is 11.3 Å². The Kier molecular flexibility index (Phi) is 5.25. The van der Waals surface area contributed by atoms with Gasteiger partial charge in [0, 0.05) is 31.1 Å². The van der Waals surface area contributed by atoms with Crippen LogP contribution in [0, 0.1) is 20.8 Å². The lowest BCUT2D eigenvalue weighted by molar-refractivity contribution is 0.354. The zero-order chi connectivity index (χ0) is 22.4. The fourth-order valence-electron chi connectivity index (χ4n) is 4.55. The molecule has 6 nitrogen and oxygen atoms in total. The molecule has 0 aliphatic carbocycles. The van der Waals surface area contributed by atoms with Gasteiger partial charge in [-0.1, -0.05) is 24.6 Å². The molecule has 0 bridgehead atoms. The molecule has 4 rings (SSSR count). The Labute approximate surface area is 182 Å². The van der Waals surface area contributed by atoms with Gasteiger partial charge in [0.05, 0.1) is 25.6 Å². The molecule has 0 saturated heterocycles. The summed E-state index contributed by atoms with van der Waals surface area (Å²) >= 11 is 0. The van der Waals surface area contributed by atoms with Gasteiger partial charge in [0.2, 0.25) is 0 Å². The van der Waals surface area contributed by atoms with Gasteiger partial charge in [0.15, 0.2) is 11.5 Å². The number of hydrogen-bond acceptors (Lipinski definition) is 4. The van der Waals surface area contributed by atoms with Crippen molar-refractivity contribution in [2.75, 3.05) is 14.2 Å². The minimum absolute atomic E-state index is 0.0778. The van der Waals surface area contributed by atoms with Crippen molar-refractivity contribution in [3.8, 4) is 22.8 Å². The summed E-state index contributed by atoms with van der Waals surface area (Å²) in [6.45, 7) is 8.91. The Balaban J connectivity index is 2.02.